The molecule has 0 amide bonds. The molecule has 1 aromatic carbocycles. The molecule has 0 saturated heterocycles. The van der Waals surface area contributed by atoms with E-state index in [4.69, 9.17) is 50.8 Å². The molecule has 3 rings (SSSR count). The van der Waals surface area contributed by atoms with Gasteiger partial charge in [-0.15, -0.1) is 11.6 Å². The summed E-state index contributed by atoms with van der Waals surface area (Å²) in [5.74, 6) is 1.78. The van der Waals surface area contributed by atoms with Crippen molar-refractivity contribution in [3.63, 3.8) is 0 Å². The van der Waals surface area contributed by atoms with Crippen molar-refractivity contribution in [2.45, 2.75) is 52.8 Å². The Morgan fingerprint density at radius 2 is 1.75 bits per heavy atom. The van der Waals surface area contributed by atoms with E-state index in [-0.39, 0.29) is 11.3 Å². The monoisotopic (exact) mass is 405 g/mol. The summed E-state index contributed by atoms with van der Waals surface area (Å²) >= 11 is 26.0. The minimum absolute atomic E-state index is 0.232. The van der Waals surface area contributed by atoms with E-state index in [1.165, 1.54) is 0 Å². The molecule has 1 aliphatic rings. The van der Waals surface area contributed by atoms with E-state index in [0.29, 0.717) is 32.0 Å². The molecule has 0 bridgehead atoms. The summed E-state index contributed by atoms with van der Waals surface area (Å²) in [6.45, 7) is 8.74. The maximum absolute atomic E-state index is 6.78. The van der Waals surface area contributed by atoms with Gasteiger partial charge in [-0.1, -0.05) is 55.6 Å². The highest BCUT2D eigenvalue weighted by atomic mass is 35.5. The predicted molar refractivity (Wildman–Crippen MR) is 105 cm³/mol. The summed E-state index contributed by atoms with van der Waals surface area (Å²) in [5, 5.41) is 2.49. The quantitative estimate of drug-likeness (QED) is 0.346. The Bertz CT molecular complexity index is 821. The highest BCUT2D eigenvalue weighted by Gasteiger charge is 2.38. The number of rotatable bonds is 1. The van der Waals surface area contributed by atoms with Gasteiger partial charge >= 0.3 is 11.3 Å². The van der Waals surface area contributed by atoms with Gasteiger partial charge in [-0.2, -0.15) is 0 Å². The largest absolute Gasteiger partial charge is 0.381 e. The van der Waals surface area contributed by atoms with Crippen LogP contribution in [0.25, 0.3) is 11.0 Å². The second kappa shape index (κ2) is 6.50. The first-order chi connectivity index (χ1) is 11.2. The van der Waals surface area contributed by atoms with Crippen LogP contribution in [0.5, 0.6) is 0 Å². The summed E-state index contributed by atoms with van der Waals surface area (Å²) in [6, 6.07) is 0. The van der Waals surface area contributed by atoms with Crippen LogP contribution in [0.1, 0.15) is 49.6 Å². The lowest BCUT2D eigenvalue weighted by molar-refractivity contribution is 0.208. The molecule has 0 N–H and O–H groups in total. The Hall–Kier alpha value is -0.210. The molecular formula is C19H21Cl4O+. The van der Waals surface area contributed by atoms with E-state index in [1.54, 1.807) is 0 Å². The Labute approximate surface area is 163 Å². The second-order valence-corrected chi connectivity index (χ2v) is 9.09. The first kappa shape index (κ1) is 18.6. The lowest BCUT2D eigenvalue weighted by Crippen LogP contribution is -2.27. The molecule has 2 aromatic rings. The molecule has 1 aromatic heterocycles. The zero-order chi connectivity index (χ0) is 17.8. The SMILES string of the molecule is Cc1c(CCl)c(Cl)c2[o+]c3c(c(Cl)c2c1Cl)CC(C(C)(C)C)CC3. The van der Waals surface area contributed by atoms with Gasteiger partial charge in [0, 0.05) is 5.88 Å². The van der Waals surface area contributed by atoms with Gasteiger partial charge in [0.25, 0.3) is 0 Å². The first-order valence-corrected chi connectivity index (χ1v) is 9.83. The van der Waals surface area contributed by atoms with E-state index in [9.17, 15) is 0 Å². The summed E-state index contributed by atoms with van der Waals surface area (Å²) in [7, 11) is 0. The molecule has 5 heteroatoms. The summed E-state index contributed by atoms with van der Waals surface area (Å²) < 4.78 is 6.18. The minimum atomic E-state index is 0.232. The van der Waals surface area contributed by atoms with Crippen LogP contribution >= 0.6 is 46.4 Å². The van der Waals surface area contributed by atoms with Crippen molar-refractivity contribution in [2.75, 3.05) is 0 Å². The highest BCUT2D eigenvalue weighted by molar-refractivity contribution is 6.46. The maximum atomic E-state index is 6.78. The topological polar surface area (TPSA) is 11.3 Å². The van der Waals surface area contributed by atoms with Gasteiger partial charge in [-0.05, 0) is 42.2 Å². The molecule has 1 unspecified atom stereocenters. The van der Waals surface area contributed by atoms with Crippen LogP contribution < -0.4 is 0 Å². The molecule has 0 radical (unpaired) electrons. The van der Waals surface area contributed by atoms with Crippen LogP contribution in [-0.4, -0.2) is 0 Å². The Morgan fingerprint density at radius 1 is 1.08 bits per heavy atom. The standard InChI is InChI=1S/C19H21Cl4O/c1-9-12(8-20)17(23)18-14(15(9)21)16(22)11-7-10(19(2,3)4)5-6-13(11)24-18/h10H,5-8H2,1-4H3/q+1. The molecule has 1 nitrogen and oxygen atoms in total. The smallest absolute Gasteiger partial charge is 0.210 e. The van der Waals surface area contributed by atoms with Crippen LogP contribution in [0.15, 0.2) is 4.42 Å². The lowest BCUT2D eigenvalue weighted by Gasteiger charge is -2.32. The first-order valence-electron chi connectivity index (χ1n) is 8.16. The predicted octanol–water partition coefficient (Wildman–Crippen LogP) is 7.87. The van der Waals surface area contributed by atoms with E-state index < -0.39 is 0 Å². The average Bonchev–Trinajstić information content (AvgIpc) is 2.52. The van der Waals surface area contributed by atoms with Crippen molar-refractivity contribution in [3.05, 3.63) is 37.5 Å². The number of fused-ring (bicyclic) bond motifs is 2. The molecule has 0 fully saturated rings. The van der Waals surface area contributed by atoms with E-state index >= 15 is 0 Å². The lowest BCUT2D eigenvalue weighted by atomic mass is 9.72. The van der Waals surface area contributed by atoms with Crippen LogP contribution in [0, 0.1) is 18.3 Å². The van der Waals surface area contributed by atoms with Crippen LogP contribution in [-0.2, 0) is 18.7 Å². The van der Waals surface area contributed by atoms with Gasteiger partial charge in [-0.3, -0.25) is 0 Å². The highest BCUT2D eigenvalue weighted by Crippen LogP contribution is 2.47. The Balaban J connectivity index is 2.28. The summed E-state index contributed by atoms with van der Waals surface area (Å²) in [5.41, 5.74) is 3.53. The van der Waals surface area contributed by atoms with E-state index in [2.05, 4.69) is 20.8 Å². The fourth-order valence-corrected chi connectivity index (χ4v) is 4.99. The van der Waals surface area contributed by atoms with Crippen molar-refractivity contribution >= 4 is 57.4 Å². The molecule has 1 aliphatic carbocycles. The molecule has 0 saturated carbocycles. The van der Waals surface area contributed by atoms with Gasteiger partial charge in [0.1, 0.15) is 5.39 Å². The third-order valence-corrected chi connectivity index (χ3v) is 6.82. The van der Waals surface area contributed by atoms with Crippen molar-refractivity contribution in [3.8, 4) is 0 Å². The third-order valence-electron chi connectivity index (χ3n) is 5.27. The van der Waals surface area contributed by atoms with Crippen molar-refractivity contribution in [2.24, 2.45) is 11.3 Å². The fraction of sp³-hybridized carbons (Fsp3) is 0.526. The molecule has 24 heavy (non-hydrogen) atoms. The molecule has 0 spiro atoms. The van der Waals surface area contributed by atoms with Crippen molar-refractivity contribution in [1.82, 2.24) is 0 Å². The fourth-order valence-electron chi connectivity index (χ4n) is 3.54. The normalized spacial score (nSPS) is 18.1. The second-order valence-electron chi connectivity index (χ2n) is 7.69. The van der Waals surface area contributed by atoms with Crippen molar-refractivity contribution < 1.29 is 4.42 Å². The van der Waals surface area contributed by atoms with Gasteiger partial charge in [0.15, 0.2) is 5.02 Å². The molecular weight excluding hydrogens is 386 g/mol. The molecule has 1 heterocycles. The number of hydrogen-bond donors (Lipinski definition) is 0. The number of alkyl halides is 1. The van der Waals surface area contributed by atoms with Gasteiger partial charge in [0.2, 0.25) is 0 Å². The maximum Gasteiger partial charge on any atom is 0.381 e. The van der Waals surface area contributed by atoms with Crippen LogP contribution in [0.2, 0.25) is 15.1 Å². The van der Waals surface area contributed by atoms with Crippen LogP contribution in [0.4, 0.5) is 0 Å². The third kappa shape index (κ3) is 2.92. The minimum Gasteiger partial charge on any atom is -0.210 e. The average molecular weight is 407 g/mol. The van der Waals surface area contributed by atoms with Crippen molar-refractivity contribution in [1.29, 1.82) is 0 Å². The molecule has 130 valence electrons. The molecule has 1 atom stereocenters. The van der Waals surface area contributed by atoms with E-state index in [0.717, 1.165) is 41.7 Å². The number of aryl methyl sites for hydroxylation is 1. The zero-order valence-corrected chi connectivity index (χ0v) is 17.3. The number of benzene rings is 1. The van der Waals surface area contributed by atoms with Gasteiger partial charge < -0.3 is 0 Å². The van der Waals surface area contributed by atoms with Crippen LogP contribution in [0.3, 0.4) is 0 Å². The Morgan fingerprint density at radius 3 is 2.33 bits per heavy atom. The summed E-state index contributed by atoms with van der Waals surface area (Å²) in [6.07, 6.45) is 2.85. The van der Waals surface area contributed by atoms with Gasteiger partial charge in [-0.25, -0.2) is 4.42 Å². The number of halogens is 4. The Kier molecular flexibility index (Phi) is 5.03. The van der Waals surface area contributed by atoms with E-state index in [1.807, 2.05) is 6.92 Å². The summed E-state index contributed by atoms with van der Waals surface area (Å²) in [4.78, 5) is 0. The van der Waals surface area contributed by atoms with Gasteiger partial charge in [0.05, 0.1) is 22.0 Å². The number of hydrogen-bond acceptors (Lipinski definition) is 0. The molecule has 0 aliphatic heterocycles. The zero-order valence-electron chi connectivity index (χ0n) is 14.3.